The maximum absolute atomic E-state index is 11.4. The standard InChI is InChI=1S/C16H28O4/c1-4-6-8-9-13-19-15(17)11-12-16(18)20-14(3)10-7-5-2/h11-12,14H,4-10,13H2,1-3H3/b12-11+. The summed E-state index contributed by atoms with van der Waals surface area (Å²) in [6.45, 7) is 6.48. The number of esters is 2. The fraction of sp³-hybridized carbons (Fsp3) is 0.750. The van der Waals surface area contributed by atoms with Gasteiger partial charge in [-0.3, -0.25) is 0 Å². The van der Waals surface area contributed by atoms with E-state index in [0.717, 1.165) is 57.1 Å². The topological polar surface area (TPSA) is 52.6 Å². The van der Waals surface area contributed by atoms with Crippen LogP contribution in [0.2, 0.25) is 0 Å². The Morgan fingerprint density at radius 2 is 1.60 bits per heavy atom. The van der Waals surface area contributed by atoms with Crippen LogP contribution in [0, 0.1) is 0 Å². The van der Waals surface area contributed by atoms with Gasteiger partial charge in [-0.1, -0.05) is 46.0 Å². The molecule has 0 radical (unpaired) electrons. The summed E-state index contributed by atoms with van der Waals surface area (Å²) in [5.41, 5.74) is 0. The highest BCUT2D eigenvalue weighted by molar-refractivity contribution is 5.91. The molecule has 0 N–H and O–H groups in total. The zero-order chi connectivity index (χ0) is 15.2. The molecular formula is C16H28O4. The molecule has 4 heteroatoms. The van der Waals surface area contributed by atoms with Crippen molar-refractivity contribution >= 4 is 11.9 Å². The van der Waals surface area contributed by atoms with E-state index in [4.69, 9.17) is 9.47 Å². The van der Waals surface area contributed by atoms with Crippen molar-refractivity contribution in [1.82, 2.24) is 0 Å². The van der Waals surface area contributed by atoms with Gasteiger partial charge in [0.1, 0.15) is 0 Å². The Kier molecular flexibility index (Phi) is 11.9. The normalized spacial score (nSPS) is 12.3. The van der Waals surface area contributed by atoms with E-state index in [9.17, 15) is 9.59 Å². The van der Waals surface area contributed by atoms with E-state index in [1.807, 2.05) is 6.92 Å². The molecule has 116 valence electrons. The van der Waals surface area contributed by atoms with Crippen LogP contribution in [-0.4, -0.2) is 24.6 Å². The van der Waals surface area contributed by atoms with Gasteiger partial charge < -0.3 is 9.47 Å². The SMILES string of the molecule is CCCCCCOC(=O)/C=C/C(=O)OC(C)CCCC. The third kappa shape index (κ3) is 11.8. The van der Waals surface area contributed by atoms with Crippen molar-refractivity contribution < 1.29 is 19.1 Å². The van der Waals surface area contributed by atoms with Crippen LogP contribution in [0.25, 0.3) is 0 Å². The molecule has 0 fully saturated rings. The van der Waals surface area contributed by atoms with Crippen molar-refractivity contribution in [3.63, 3.8) is 0 Å². The smallest absolute Gasteiger partial charge is 0.331 e. The maximum Gasteiger partial charge on any atom is 0.331 e. The summed E-state index contributed by atoms with van der Waals surface area (Å²) in [6.07, 6.45) is 9.32. The molecule has 20 heavy (non-hydrogen) atoms. The molecule has 1 unspecified atom stereocenters. The van der Waals surface area contributed by atoms with E-state index in [1.54, 1.807) is 0 Å². The summed E-state index contributed by atoms with van der Waals surface area (Å²) in [5.74, 6) is -0.976. The van der Waals surface area contributed by atoms with Crippen LogP contribution in [0.4, 0.5) is 0 Å². The molecule has 0 saturated heterocycles. The van der Waals surface area contributed by atoms with Crippen LogP contribution >= 0.6 is 0 Å². The van der Waals surface area contributed by atoms with E-state index >= 15 is 0 Å². The Morgan fingerprint density at radius 1 is 0.950 bits per heavy atom. The minimum Gasteiger partial charge on any atom is -0.463 e. The molecule has 0 aliphatic rings. The number of carbonyl (C=O) groups excluding carboxylic acids is 2. The Bertz CT molecular complexity index is 297. The number of ether oxygens (including phenoxy) is 2. The summed E-state index contributed by atoms with van der Waals surface area (Å²) in [7, 11) is 0. The van der Waals surface area contributed by atoms with Crippen molar-refractivity contribution in [1.29, 1.82) is 0 Å². The molecular weight excluding hydrogens is 256 g/mol. The molecule has 0 aliphatic heterocycles. The van der Waals surface area contributed by atoms with Gasteiger partial charge in [0.25, 0.3) is 0 Å². The Labute approximate surface area is 122 Å². The molecule has 0 aromatic rings. The Balaban J connectivity index is 3.74. The van der Waals surface area contributed by atoms with Gasteiger partial charge >= 0.3 is 11.9 Å². The fourth-order valence-electron chi connectivity index (χ4n) is 1.67. The summed E-state index contributed by atoms with van der Waals surface area (Å²) in [6, 6.07) is 0. The first kappa shape index (κ1) is 18.7. The molecule has 0 spiro atoms. The predicted molar refractivity (Wildman–Crippen MR) is 79.3 cm³/mol. The molecule has 1 atom stereocenters. The van der Waals surface area contributed by atoms with Crippen molar-refractivity contribution in [3.8, 4) is 0 Å². The van der Waals surface area contributed by atoms with Gasteiger partial charge in [-0.05, 0) is 19.8 Å². The lowest BCUT2D eigenvalue weighted by atomic mass is 10.2. The monoisotopic (exact) mass is 284 g/mol. The zero-order valence-electron chi connectivity index (χ0n) is 13.0. The van der Waals surface area contributed by atoms with Crippen LogP contribution < -0.4 is 0 Å². The lowest BCUT2D eigenvalue weighted by Crippen LogP contribution is -2.13. The number of carbonyl (C=O) groups is 2. The first-order valence-corrected chi connectivity index (χ1v) is 7.65. The predicted octanol–water partition coefficient (Wildman–Crippen LogP) is 3.79. The molecule has 0 amide bonds. The number of rotatable bonds is 11. The van der Waals surface area contributed by atoms with Crippen LogP contribution in [-0.2, 0) is 19.1 Å². The van der Waals surface area contributed by atoms with Gasteiger partial charge in [0.2, 0.25) is 0 Å². The molecule has 0 bridgehead atoms. The quantitative estimate of drug-likeness (QED) is 0.329. The zero-order valence-corrected chi connectivity index (χ0v) is 13.0. The van der Waals surface area contributed by atoms with Crippen molar-refractivity contribution in [3.05, 3.63) is 12.2 Å². The molecule has 0 heterocycles. The fourth-order valence-corrected chi connectivity index (χ4v) is 1.67. The van der Waals surface area contributed by atoms with Crippen LogP contribution in [0.5, 0.6) is 0 Å². The second-order valence-corrected chi connectivity index (χ2v) is 4.95. The summed E-state index contributed by atoms with van der Waals surface area (Å²) in [5, 5.41) is 0. The van der Waals surface area contributed by atoms with Crippen molar-refractivity contribution in [2.24, 2.45) is 0 Å². The van der Waals surface area contributed by atoms with Gasteiger partial charge in [-0.15, -0.1) is 0 Å². The summed E-state index contributed by atoms with van der Waals surface area (Å²) >= 11 is 0. The molecule has 0 aromatic carbocycles. The van der Waals surface area contributed by atoms with Gasteiger partial charge in [0.15, 0.2) is 0 Å². The largest absolute Gasteiger partial charge is 0.463 e. The lowest BCUT2D eigenvalue weighted by molar-refractivity contribution is -0.143. The van der Waals surface area contributed by atoms with Gasteiger partial charge in [-0.25, -0.2) is 9.59 Å². The summed E-state index contributed by atoms with van der Waals surface area (Å²) < 4.78 is 10.1. The van der Waals surface area contributed by atoms with Gasteiger partial charge in [-0.2, -0.15) is 0 Å². The van der Waals surface area contributed by atoms with Crippen molar-refractivity contribution in [2.75, 3.05) is 6.61 Å². The minimum atomic E-state index is -0.489. The second kappa shape index (κ2) is 12.7. The number of unbranched alkanes of at least 4 members (excludes halogenated alkanes) is 4. The van der Waals surface area contributed by atoms with Gasteiger partial charge in [0.05, 0.1) is 12.7 Å². The van der Waals surface area contributed by atoms with E-state index in [1.165, 1.54) is 0 Å². The molecule has 4 nitrogen and oxygen atoms in total. The number of hydrogen-bond donors (Lipinski definition) is 0. The number of hydrogen-bond acceptors (Lipinski definition) is 4. The van der Waals surface area contributed by atoms with Crippen LogP contribution in [0.1, 0.15) is 65.7 Å². The van der Waals surface area contributed by atoms with Gasteiger partial charge in [0, 0.05) is 12.2 Å². The molecule has 0 aliphatic carbocycles. The highest BCUT2D eigenvalue weighted by Gasteiger charge is 2.06. The first-order chi connectivity index (χ1) is 9.60. The third-order valence-electron chi connectivity index (χ3n) is 2.88. The van der Waals surface area contributed by atoms with Crippen LogP contribution in [0.15, 0.2) is 12.2 Å². The highest BCUT2D eigenvalue weighted by atomic mass is 16.5. The summed E-state index contributed by atoms with van der Waals surface area (Å²) in [4.78, 5) is 22.7. The lowest BCUT2D eigenvalue weighted by Gasteiger charge is -2.10. The molecule has 0 saturated carbocycles. The van der Waals surface area contributed by atoms with E-state index in [-0.39, 0.29) is 6.10 Å². The maximum atomic E-state index is 11.4. The van der Waals surface area contributed by atoms with E-state index in [2.05, 4.69) is 13.8 Å². The minimum absolute atomic E-state index is 0.114. The Morgan fingerprint density at radius 3 is 2.25 bits per heavy atom. The third-order valence-corrected chi connectivity index (χ3v) is 2.88. The van der Waals surface area contributed by atoms with Crippen LogP contribution in [0.3, 0.4) is 0 Å². The van der Waals surface area contributed by atoms with E-state index in [0.29, 0.717) is 6.61 Å². The molecule has 0 rings (SSSR count). The average Bonchev–Trinajstić information content (AvgIpc) is 2.42. The first-order valence-electron chi connectivity index (χ1n) is 7.65. The average molecular weight is 284 g/mol. The molecule has 0 aromatic heterocycles. The Hall–Kier alpha value is -1.32. The highest BCUT2D eigenvalue weighted by Crippen LogP contribution is 2.04. The van der Waals surface area contributed by atoms with Crippen molar-refractivity contribution in [2.45, 2.75) is 71.8 Å². The van der Waals surface area contributed by atoms with E-state index < -0.39 is 11.9 Å². The second-order valence-electron chi connectivity index (χ2n) is 4.95.